The van der Waals surface area contributed by atoms with E-state index in [2.05, 4.69) is 0 Å². The third-order valence-electron chi connectivity index (χ3n) is 3.38. The smallest absolute Gasteiger partial charge is 0.416 e. The largest absolute Gasteiger partial charge is 0.483 e. The van der Waals surface area contributed by atoms with Crippen LogP contribution < -0.4 is 10.5 Å². The van der Waals surface area contributed by atoms with E-state index in [-0.39, 0.29) is 23.5 Å². The van der Waals surface area contributed by atoms with E-state index < -0.39 is 23.4 Å². The van der Waals surface area contributed by atoms with Crippen LogP contribution in [0.2, 0.25) is 0 Å². The summed E-state index contributed by atoms with van der Waals surface area (Å²) in [5.41, 5.74) is 5.08. The molecular weight excluding hydrogens is 347 g/mol. The summed E-state index contributed by atoms with van der Waals surface area (Å²) in [7, 11) is 0. The molecule has 0 aliphatic rings. The summed E-state index contributed by atoms with van der Waals surface area (Å²) >= 11 is 0. The fourth-order valence-electron chi connectivity index (χ4n) is 2.28. The van der Waals surface area contributed by atoms with Gasteiger partial charge >= 0.3 is 6.18 Å². The van der Waals surface area contributed by atoms with E-state index in [9.17, 15) is 22.8 Å². The lowest BCUT2D eigenvalue weighted by Gasteiger charge is -2.09. The number of carbonyl (C=O) groups is 2. The Morgan fingerprint density at radius 2 is 1.85 bits per heavy atom. The van der Waals surface area contributed by atoms with Gasteiger partial charge in [-0.05, 0) is 48.4 Å². The molecule has 0 aliphatic carbocycles. The molecule has 0 aromatic heterocycles. The van der Waals surface area contributed by atoms with Gasteiger partial charge in [0.1, 0.15) is 5.75 Å². The van der Waals surface area contributed by atoms with Crippen molar-refractivity contribution in [3.8, 4) is 5.75 Å². The summed E-state index contributed by atoms with van der Waals surface area (Å²) in [6.45, 7) is 1.15. The van der Waals surface area contributed by atoms with Crippen LogP contribution in [0.5, 0.6) is 5.75 Å². The maximum Gasteiger partial charge on any atom is 0.416 e. The fraction of sp³-hybridized carbons (Fsp3) is 0.158. The Morgan fingerprint density at radius 1 is 1.15 bits per heavy atom. The molecule has 2 aromatic rings. The number of ketones is 1. The number of para-hydroxylation sites is 1. The van der Waals surface area contributed by atoms with Crippen LogP contribution >= 0.6 is 0 Å². The number of carbonyl (C=O) groups excluding carboxylic acids is 2. The van der Waals surface area contributed by atoms with Gasteiger partial charge in [0, 0.05) is 0 Å². The fourth-order valence-corrected chi connectivity index (χ4v) is 2.28. The molecule has 2 rings (SSSR count). The van der Waals surface area contributed by atoms with Gasteiger partial charge in [0.2, 0.25) is 0 Å². The minimum Gasteiger partial charge on any atom is -0.483 e. The van der Waals surface area contributed by atoms with E-state index >= 15 is 0 Å². The lowest BCUT2D eigenvalue weighted by Crippen LogP contribution is -2.20. The summed E-state index contributed by atoms with van der Waals surface area (Å²) in [6.07, 6.45) is -2.01. The van der Waals surface area contributed by atoms with Crippen molar-refractivity contribution >= 4 is 17.8 Å². The number of rotatable bonds is 6. The molecule has 0 radical (unpaired) electrons. The number of primary amides is 1. The van der Waals surface area contributed by atoms with Gasteiger partial charge in [0.25, 0.3) is 5.91 Å². The average molecular weight is 363 g/mol. The quantitative estimate of drug-likeness (QED) is 0.627. The molecule has 0 saturated carbocycles. The van der Waals surface area contributed by atoms with Crippen LogP contribution in [0.3, 0.4) is 0 Å². The van der Waals surface area contributed by atoms with Crippen LogP contribution in [0.1, 0.15) is 27.0 Å². The third kappa shape index (κ3) is 5.20. The number of alkyl halides is 3. The van der Waals surface area contributed by atoms with Crippen molar-refractivity contribution in [3.63, 3.8) is 0 Å². The lowest BCUT2D eigenvalue weighted by atomic mass is 10.0. The number of hydrogen-bond acceptors (Lipinski definition) is 3. The molecule has 4 nitrogen and oxygen atoms in total. The molecular formula is C19H16F3NO3. The Balaban J connectivity index is 2.25. The number of allylic oxidation sites excluding steroid dienone is 1. The number of benzene rings is 2. The molecule has 2 aromatic carbocycles. The zero-order valence-electron chi connectivity index (χ0n) is 13.8. The van der Waals surface area contributed by atoms with Crippen molar-refractivity contribution in [1.82, 2.24) is 0 Å². The number of halogens is 3. The standard InChI is InChI=1S/C19H16F3NO3/c1-12-8-13(10-14(9-12)19(20,21)22)6-7-16(24)15-4-2-3-5-17(15)26-11-18(23)25/h2-10H,11H2,1H3,(H2,23,25)/b7-6+. The average Bonchev–Trinajstić information content (AvgIpc) is 2.57. The highest BCUT2D eigenvalue weighted by Crippen LogP contribution is 2.31. The molecule has 0 heterocycles. The highest BCUT2D eigenvalue weighted by Gasteiger charge is 2.30. The maximum atomic E-state index is 12.9. The molecule has 0 fully saturated rings. The van der Waals surface area contributed by atoms with E-state index in [0.29, 0.717) is 5.56 Å². The highest BCUT2D eigenvalue weighted by molar-refractivity contribution is 6.08. The van der Waals surface area contributed by atoms with Gasteiger partial charge in [0.15, 0.2) is 12.4 Å². The summed E-state index contributed by atoms with van der Waals surface area (Å²) in [4.78, 5) is 23.2. The van der Waals surface area contributed by atoms with Crippen molar-refractivity contribution in [2.75, 3.05) is 6.61 Å². The molecule has 0 atom stereocenters. The maximum absolute atomic E-state index is 12.9. The van der Waals surface area contributed by atoms with E-state index in [4.69, 9.17) is 10.5 Å². The van der Waals surface area contributed by atoms with Gasteiger partial charge in [-0.3, -0.25) is 9.59 Å². The topological polar surface area (TPSA) is 69.4 Å². The van der Waals surface area contributed by atoms with Gasteiger partial charge < -0.3 is 10.5 Å². The normalized spacial score (nSPS) is 11.5. The summed E-state index contributed by atoms with van der Waals surface area (Å²) in [6, 6.07) is 9.74. The van der Waals surface area contributed by atoms with Crippen molar-refractivity contribution in [2.45, 2.75) is 13.1 Å². The Morgan fingerprint density at radius 3 is 2.50 bits per heavy atom. The summed E-state index contributed by atoms with van der Waals surface area (Å²) < 4.78 is 43.8. The predicted octanol–water partition coefficient (Wildman–Crippen LogP) is 3.77. The second-order valence-corrected chi connectivity index (χ2v) is 5.58. The van der Waals surface area contributed by atoms with E-state index in [0.717, 1.165) is 18.2 Å². The van der Waals surface area contributed by atoms with Crippen molar-refractivity contribution in [1.29, 1.82) is 0 Å². The second-order valence-electron chi connectivity index (χ2n) is 5.58. The van der Waals surface area contributed by atoms with E-state index in [1.54, 1.807) is 19.1 Å². The highest BCUT2D eigenvalue weighted by atomic mass is 19.4. The first-order valence-corrected chi connectivity index (χ1v) is 7.58. The zero-order chi connectivity index (χ0) is 19.3. The van der Waals surface area contributed by atoms with Crippen LogP contribution in [0.15, 0.2) is 48.5 Å². The number of amides is 1. The number of ether oxygens (including phenoxy) is 1. The Bertz CT molecular complexity index is 857. The Labute approximate surface area is 148 Å². The second kappa shape index (κ2) is 7.86. The molecule has 0 unspecified atom stereocenters. The number of hydrogen-bond donors (Lipinski definition) is 1. The summed E-state index contributed by atoms with van der Waals surface area (Å²) in [5.74, 6) is -0.997. The van der Waals surface area contributed by atoms with Gasteiger partial charge in [-0.25, -0.2) is 0 Å². The predicted molar refractivity (Wildman–Crippen MR) is 90.7 cm³/mol. The van der Waals surface area contributed by atoms with Crippen LogP contribution in [-0.2, 0) is 11.0 Å². The minimum absolute atomic E-state index is 0.168. The van der Waals surface area contributed by atoms with Gasteiger partial charge in [-0.15, -0.1) is 0 Å². The van der Waals surface area contributed by atoms with Gasteiger partial charge in [-0.1, -0.05) is 24.3 Å². The minimum atomic E-state index is -4.46. The first-order valence-electron chi connectivity index (χ1n) is 7.58. The number of nitrogens with two attached hydrogens (primary N) is 1. The molecule has 7 heteroatoms. The zero-order valence-corrected chi connectivity index (χ0v) is 13.8. The van der Waals surface area contributed by atoms with Crippen molar-refractivity contribution in [3.05, 3.63) is 70.8 Å². The number of aryl methyl sites for hydroxylation is 1. The van der Waals surface area contributed by atoms with Gasteiger partial charge in [-0.2, -0.15) is 13.2 Å². The van der Waals surface area contributed by atoms with Crippen LogP contribution in [-0.4, -0.2) is 18.3 Å². The molecule has 0 spiro atoms. The Hall–Kier alpha value is -3.09. The van der Waals surface area contributed by atoms with Gasteiger partial charge in [0.05, 0.1) is 11.1 Å². The summed E-state index contributed by atoms with van der Waals surface area (Å²) in [5, 5.41) is 0. The molecule has 0 bridgehead atoms. The van der Waals surface area contributed by atoms with E-state index in [1.807, 2.05) is 0 Å². The molecule has 0 saturated heterocycles. The third-order valence-corrected chi connectivity index (χ3v) is 3.38. The van der Waals surface area contributed by atoms with Crippen LogP contribution in [0.25, 0.3) is 6.08 Å². The monoisotopic (exact) mass is 363 g/mol. The molecule has 0 aliphatic heterocycles. The first-order chi connectivity index (χ1) is 12.2. The van der Waals surface area contributed by atoms with Crippen molar-refractivity contribution < 1.29 is 27.5 Å². The molecule has 2 N–H and O–H groups in total. The molecule has 136 valence electrons. The SMILES string of the molecule is Cc1cc(/C=C/C(=O)c2ccccc2OCC(N)=O)cc(C(F)(F)F)c1. The molecule has 26 heavy (non-hydrogen) atoms. The molecule has 1 amide bonds. The van der Waals surface area contributed by atoms with Crippen LogP contribution in [0, 0.1) is 6.92 Å². The first kappa shape index (κ1) is 19.2. The Kier molecular flexibility index (Phi) is 5.82. The van der Waals surface area contributed by atoms with Crippen LogP contribution in [0.4, 0.5) is 13.2 Å². The van der Waals surface area contributed by atoms with Crippen molar-refractivity contribution in [2.24, 2.45) is 5.73 Å². The van der Waals surface area contributed by atoms with E-state index in [1.165, 1.54) is 24.3 Å². The lowest BCUT2D eigenvalue weighted by molar-refractivity contribution is -0.137.